The first-order valence-electron chi connectivity index (χ1n) is 7.45. The van der Waals surface area contributed by atoms with Crippen molar-refractivity contribution in [2.45, 2.75) is 39.5 Å². The van der Waals surface area contributed by atoms with E-state index in [4.69, 9.17) is 10.5 Å². The average Bonchev–Trinajstić information content (AvgIpc) is 2.42. The molecule has 0 spiro atoms. The summed E-state index contributed by atoms with van der Waals surface area (Å²) in [6.45, 7) is 6.00. The van der Waals surface area contributed by atoms with E-state index in [9.17, 15) is 0 Å². The van der Waals surface area contributed by atoms with Crippen LogP contribution in [0, 0.1) is 11.8 Å². The van der Waals surface area contributed by atoms with Gasteiger partial charge in [-0.25, -0.2) is 0 Å². The molecule has 0 amide bonds. The average molecular weight is 262 g/mol. The Hall–Kier alpha value is -1.38. The highest BCUT2D eigenvalue weighted by molar-refractivity contribution is 5.72. The third kappa shape index (κ3) is 3.79. The monoisotopic (exact) mass is 262 g/mol. The van der Waals surface area contributed by atoms with Gasteiger partial charge in [-0.05, 0) is 43.7 Å². The molecule has 1 saturated carbocycles. The normalized spacial score (nSPS) is 23.1. The summed E-state index contributed by atoms with van der Waals surface area (Å²) in [4.78, 5) is 0. The molecular weight excluding hydrogens is 236 g/mol. The zero-order valence-corrected chi connectivity index (χ0v) is 12.1. The van der Waals surface area contributed by atoms with Crippen molar-refractivity contribution in [2.24, 2.45) is 11.8 Å². The molecule has 1 aliphatic carbocycles. The molecule has 0 saturated heterocycles. The van der Waals surface area contributed by atoms with Crippen molar-refractivity contribution in [1.29, 1.82) is 0 Å². The molecule has 1 fully saturated rings. The fraction of sp³-hybridized carbons (Fsp3) is 0.625. The molecule has 0 radical (unpaired) electrons. The first-order valence-corrected chi connectivity index (χ1v) is 7.45. The Morgan fingerprint density at radius 3 is 2.68 bits per heavy atom. The van der Waals surface area contributed by atoms with Crippen molar-refractivity contribution >= 4 is 11.4 Å². The van der Waals surface area contributed by atoms with E-state index in [1.807, 2.05) is 25.1 Å². The van der Waals surface area contributed by atoms with Crippen LogP contribution >= 0.6 is 0 Å². The van der Waals surface area contributed by atoms with Gasteiger partial charge >= 0.3 is 0 Å². The van der Waals surface area contributed by atoms with E-state index >= 15 is 0 Å². The number of ether oxygens (including phenoxy) is 1. The molecule has 1 aromatic carbocycles. The molecule has 0 bridgehead atoms. The molecule has 2 rings (SSSR count). The molecule has 3 N–H and O–H groups in total. The summed E-state index contributed by atoms with van der Waals surface area (Å²) in [6, 6.07) is 5.95. The van der Waals surface area contributed by atoms with Crippen LogP contribution in [-0.4, -0.2) is 13.2 Å². The summed E-state index contributed by atoms with van der Waals surface area (Å²) >= 11 is 0. The molecule has 19 heavy (non-hydrogen) atoms. The summed E-state index contributed by atoms with van der Waals surface area (Å²) in [5, 5.41) is 3.49. The van der Waals surface area contributed by atoms with Gasteiger partial charge in [0.2, 0.25) is 0 Å². The minimum absolute atomic E-state index is 0.647. The molecule has 0 unspecified atom stereocenters. The van der Waals surface area contributed by atoms with Gasteiger partial charge in [0.15, 0.2) is 0 Å². The van der Waals surface area contributed by atoms with E-state index in [1.54, 1.807) is 0 Å². The number of benzene rings is 1. The van der Waals surface area contributed by atoms with Gasteiger partial charge < -0.3 is 15.8 Å². The van der Waals surface area contributed by atoms with Gasteiger partial charge in [-0.15, -0.1) is 0 Å². The second-order valence-corrected chi connectivity index (χ2v) is 5.66. The highest BCUT2D eigenvalue weighted by atomic mass is 16.5. The standard InChI is InChI=1S/C16H26N2O/c1-3-19-15-6-4-5-14(16(15)17)18-11-13-9-7-12(2)8-10-13/h4-6,12-13,18H,3,7-11,17H2,1-2H3. The lowest BCUT2D eigenvalue weighted by Gasteiger charge is -2.26. The van der Waals surface area contributed by atoms with E-state index in [-0.39, 0.29) is 0 Å². The second-order valence-electron chi connectivity index (χ2n) is 5.66. The Morgan fingerprint density at radius 2 is 2.00 bits per heavy atom. The molecule has 3 nitrogen and oxygen atoms in total. The fourth-order valence-electron chi connectivity index (χ4n) is 2.77. The van der Waals surface area contributed by atoms with E-state index in [0.717, 1.165) is 35.5 Å². The summed E-state index contributed by atoms with van der Waals surface area (Å²) in [5.41, 5.74) is 7.85. The minimum Gasteiger partial charge on any atom is -0.492 e. The van der Waals surface area contributed by atoms with Crippen LogP contribution in [0.4, 0.5) is 11.4 Å². The van der Waals surface area contributed by atoms with Gasteiger partial charge in [-0.1, -0.05) is 25.8 Å². The molecule has 106 valence electrons. The third-order valence-corrected chi connectivity index (χ3v) is 4.08. The van der Waals surface area contributed by atoms with Crippen LogP contribution in [-0.2, 0) is 0 Å². The Bertz CT molecular complexity index is 398. The van der Waals surface area contributed by atoms with E-state index in [0.29, 0.717) is 6.61 Å². The highest BCUT2D eigenvalue weighted by Gasteiger charge is 2.18. The van der Waals surface area contributed by atoms with Gasteiger partial charge in [0.25, 0.3) is 0 Å². The first kappa shape index (κ1) is 14.0. The molecule has 0 aromatic heterocycles. The largest absolute Gasteiger partial charge is 0.492 e. The Kier molecular flexibility index (Phi) is 4.94. The van der Waals surface area contributed by atoms with Crippen LogP contribution in [0.2, 0.25) is 0 Å². The number of anilines is 2. The van der Waals surface area contributed by atoms with E-state index in [2.05, 4.69) is 12.2 Å². The molecule has 0 atom stereocenters. The van der Waals surface area contributed by atoms with Crippen LogP contribution < -0.4 is 15.8 Å². The lowest BCUT2D eigenvalue weighted by molar-refractivity contribution is 0.300. The Labute approximate surface area is 116 Å². The van der Waals surface area contributed by atoms with Gasteiger partial charge in [0, 0.05) is 6.54 Å². The van der Waals surface area contributed by atoms with Crippen molar-refractivity contribution in [1.82, 2.24) is 0 Å². The second kappa shape index (κ2) is 6.69. The van der Waals surface area contributed by atoms with Gasteiger partial charge in [0.05, 0.1) is 18.0 Å². The Balaban J connectivity index is 1.90. The van der Waals surface area contributed by atoms with Gasteiger partial charge in [-0.2, -0.15) is 0 Å². The minimum atomic E-state index is 0.647. The quantitative estimate of drug-likeness (QED) is 0.791. The number of nitrogen functional groups attached to an aromatic ring is 1. The van der Waals surface area contributed by atoms with Crippen molar-refractivity contribution in [3.63, 3.8) is 0 Å². The van der Waals surface area contributed by atoms with Crippen molar-refractivity contribution in [3.05, 3.63) is 18.2 Å². The highest BCUT2D eigenvalue weighted by Crippen LogP contribution is 2.32. The third-order valence-electron chi connectivity index (χ3n) is 4.08. The number of nitrogens with one attached hydrogen (secondary N) is 1. The molecule has 0 aliphatic heterocycles. The number of hydrogen-bond donors (Lipinski definition) is 2. The summed E-state index contributed by atoms with van der Waals surface area (Å²) in [5.74, 6) is 2.47. The van der Waals surface area contributed by atoms with E-state index < -0.39 is 0 Å². The Morgan fingerprint density at radius 1 is 1.26 bits per heavy atom. The first-order chi connectivity index (χ1) is 9.20. The van der Waals surface area contributed by atoms with Crippen molar-refractivity contribution in [2.75, 3.05) is 24.2 Å². The number of rotatable bonds is 5. The van der Waals surface area contributed by atoms with E-state index in [1.165, 1.54) is 25.7 Å². The SMILES string of the molecule is CCOc1cccc(NCC2CCC(C)CC2)c1N. The van der Waals surface area contributed by atoms with Crippen molar-refractivity contribution < 1.29 is 4.74 Å². The van der Waals surface area contributed by atoms with Crippen LogP contribution in [0.25, 0.3) is 0 Å². The molecule has 1 aliphatic rings. The lowest BCUT2D eigenvalue weighted by Crippen LogP contribution is -2.20. The summed E-state index contributed by atoms with van der Waals surface area (Å²) in [6.07, 6.45) is 5.39. The maximum absolute atomic E-state index is 6.12. The van der Waals surface area contributed by atoms with Crippen molar-refractivity contribution in [3.8, 4) is 5.75 Å². The summed E-state index contributed by atoms with van der Waals surface area (Å²) < 4.78 is 5.52. The smallest absolute Gasteiger partial charge is 0.144 e. The predicted molar refractivity (Wildman–Crippen MR) is 81.6 cm³/mol. The molecule has 0 heterocycles. The van der Waals surface area contributed by atoms with Crippen LogP contribution in [0.5, 0.6) is 5.75 Å². The number of nitrogens with two attached hydrogens (primary N) is 1. The fourth-order valence-corrected chi connectivity index (χ4v) is 2.77. The topological polar surface area (TPSA) is 47.3 Å². The summed E-state index contributed by atoms with van der Waals surface area (Å²) in [7, 11) is 0. The van der Waals surface area contributed by atoms with Crippen LogP contribution in [0.1, 0.15) is 39.5 Å². The molecular formula is C16H26N2O. The zero-order chi connectivity index (χ0) is 13.7. The predicted octanol–water partition coefficient (Wildman–Crippen LogP) is 3.91. The van der Waals surface area contributed by atoms with Gasteiger partial charge in [-0.3, -0.25) is 0 Å². The maximum Gasteiger partial charge on any atom is 0.144 e. The molecule has 1 aromatic rings. The van der Waals surface area contributed by atoms with Crippen LogP contribution in [0.15, 0.2) is 18.2 Å². The number of hydrogen-bond acceptors (Lipinski definition) is 3. The lowest BCUT2D eigenvalue weighted by atomic mass is 9.83. The van der Waals surface area contributed by atoms with Crippen LogP contribution in [0.3, 0.4) is 0 Å². The van der Waals surface area contributed by atoms with Gasteiger partial charge in [0.1, 0.15) is 5.75 Å². The zero-order valence-electron chi connectivity index (χ0n) is 12.1. The maximum atomic E-state index is 6.12. The molecule has 3 heteroatoms. The number of para-hydroxylation sites is 1.